The molecule has 0 aliphatic carbocycles. The summed E-state index contributed by atoms with van der Waals surface area (Å²) in [6.45, 7) is 3.93. The van der Waals surface area contributed by atoms with Gasteiger partial charge in [-0.25, -0.2) is 4.79 Å². The van der Waals surface area contributed by atoms with Gasteiger partial charge < -0.3 is 10.1 Å². The molecule has 0 atom stereocenters. The van der Waals surface area contributed by atoms with E-state index in [1.807, 2.05) is 73.7 Å². The maximum atomic E-state index is 13.1. The number of rotatable bonds is 6. The number of benzene rings is 2. The standard InChI is InChI=1S/C22H21NO3S/c1-3-26-22(25)20-15(2)14-18(27-20)23-21(24)19(16-10-6-4-7-11-16)17-12-8-5-9-13-17/h4-14,19H,3H2,1-2H3,(H,23,24). The van der Waals surface area contributed by atoms with Crippen LogP contribution in [-0.4, -0.2) is 18.5 Å². The Labute approximate surface area is 162 Å². The Kier molecular flexibility index (Phi) is 6.04. The van der Waals surface area contributed by atoms with Crippen LogP contribution in [0.5, 0.6) is 0 Å². The van der Waals surface area contributed by atoms with Gasteiger partial charge in [0.25, 0.3) is 0 Å². The van der Waals surface area contributed by atoms with Gasteiger partial charge in [0.2, 0.25) is 5.91 Å². The first-order valence-electron chi connectivity index (χ1n) is 8.78. The van der Waals surface area contributed by atoms with Crippen molar-refractivity contribution in [1.29, 1.82) is 0 Å². The van der Waals surface area contributed by atoms with Crippen LogP contribution in [0.25, 0.3) is 0 Å². The van der Waals surface area contributed by atoms with E-state index in [0.717, 1.165) is 16.7 Å². The number of nitrogens with one attached hydrogen (secondary N) is 1. The van der Waals surface area contributed by atoms with Crippen LogP contribution in [0, 0.1) is 6.92 Å². The molecule has 1 N–H and O–H groups in total. The Hall–Kier alpha value is -2.92. The van der Waals surface area contributed by atoms with E-state index in [4.69, 9.17) is 4.74 Å². The molecule has 2 aromatic carbocycles. The Bertz CT molecular complexity index is 880. The van der Waals surface area contributed by atoms with Crippen molar-refractivity contribution in [1.82, 2.24) is 0 Å². The van der Waals surface area contributed by atoms with Crippen molar-refractivity contribution >= 4 is 28.2 Å². The number of carbonyl (C=O) groups is 2. The van der Waals surface area contributed by atoms with E-state index in [-0.39, 0.29) is 11.9 Å². The monoisotopic (exact) mass is 379 g/mol. The van der Waals surface area contributed by atoms with Crippen LogP contribution in [0.3, 0.4) is 0 Å². The molecule has 138 valence electrons. The molecule has 1 amide bonds. The van der Waals surface area contributed by atoms with E-state index < -0.39 is 5.92 Å². The number of aryl methyl sites for hydroxylation is 1. The summed E-state index contributed by atoms with van der Waals surface area (Å²) in [6.07, 6.45) is 0. The number of hydrogen-bond acceptors (Lipinski definition) is 4. The zero-order chi connectivity index (χ0) is 19.2. The summed E-state index contributed by atoms with van der Waals surface area (Å²) in [6, 6.07) is 21.1. The van der Waals surface area contributed by atoms with Gasteiger partial charge in [0.15, 0.2) is 0 Å². The van der Waals surface area contributed by atoms with Crippen molar-refractivity contribution in [3.63, 3.8) is 0 Å². The zero-order valence-corrected chi connectivity index (χ0v) is 16.1. The molecule has 0 bridgehead atoms. The van der Waals surface area contributed by atoms with E-state index in [0.29, 0.717) is 16.5 Å². The van der Waals surface area contributed by atoms with Gasteiger partial charge in [0.1, 0.15) is 4.88 Å². The second-order valence-corrected chi connectivity index (χ2v) is 7.14. The number of esters is 1. The number of carbonyl (C=O) groups excluding carboxylic acids is 2. The van der Waals surface area contributed by atoms with Crippen molar-refractivity contribution in [2.75, 3.05) is 11.9 Å². The summed E-state index contributed by atoms with van der Waals surface area (Å²) in [5, 5.41) is 3.61. The topological polar surface area (TPSA) is 55.4 Å². The average Bonchev–Trinajstić information content (AvgIpc) is 3.04. The van der Waals surface area contributed by atoms with Crippen molar-refractivity contribution in [2.24, 2.45) is 0 Å². The summed E-state index contributed by atoms with van der Waals surface area (Å²) in [4.78, 5) is 25.6. The second kappa shape index (κ2) is 8.64. The molecule has 0 fully saturated rings. The quantitative estimate of drug-likeness (QED) is 0.613. The first-order chi connectivity index (χ1) is 13.1. The molecule has 4 nitrogen and oxygen atoms in total. The molecule has 0 saturated carbocycles. The Morgan fingerprint density at radius 2 is 1.56 bits per heavy atom. The van der Waals surface area contributed by atoms with Gasteiger partial charge in [-0.1, -0.05) is 60.7 Å². The summed E-state index contributed by atoms with van der Waals surface area (Å²) in [5.41, 5.74) is 2.63. The average molecular weight is 379 g/mol. The van der Waals surface area contributed by atoms with Crippen LogP contribution in [0.2, 0.25) is 0 Å². The van der Waals surface area contributed by atoms with Crippen LogP contribution in [-0.2, 0) is 9.53 Å². The minimum atomic E-state index is -0.430. The lowest BCUT2D eigenvalue weighted by Crippen LogP contribution is -2.21. The molecule has 0 aliphatic rings. The molecule has 0 saturated heterocycles. The van der Waals surface area contributed by atoms with Crippen molar-refractivity contribution in [3.8, 4) is 0 Å². The van der Waals surface area contributed by atoms with Crippen molar-refractivity contribution in [2.45, 2.75) is 19.8 Å². The minimum absolute atomic E-state index is 0.135. The number of anilines is 1. The predicted molar refractivity (Wildman–Crippen MR) is 108 cm³/mol. The summed E-state index contributed by atoms with van der Waals surface area (Å²) in [7, 11) is 0. The van der Waals surface area contributed by atoms with Gasteiger partial charge in [-0.2, -0.15) is 0 Å². The highest BCUT2D eigenvalue weighted by Crippen LogP contribution is 2.31. The van der Waals surface area contributed by atoms with E-state index in [9.17, 15) is 9.59 Å². The number of hydrogen-bond donors (Lipinski definition) is 1. The van der Waals surface area contributed by atoms with Crippen LogP contribution >= 0.6 is 11.3 Å². The maximum absolute atomic E-state index is 13.1. The molecular formula is C22H21NO3S. The van der Waals surface area contributed by atoms with Crippen molar-refractivity contribution in [3.05, 3.63) is 88.3 Å². The molecule has 0 radical (unpaired) electrons. The fourth-order valence-electron chi connectivity index (χ4n) is 2.92. The highest BCUT2D eigenvalue weighted by Gasteiger charge is 2.24. The normalized spacial score (nSPS) is 10.6. The molecular weight excluding hydrogens is 358 g/mol. The van der Waals surface area contributed by atoms with Gasteiger partial charge >= 0.3 is 5.97 Å². The van der Waals surface area contributed by atoms with E-state index in [1.54, 1.807) is 6.92 Å². The third kappa shape index (κ3) is 4.44. The third-order valence-electron chi connectivity index (χ3n) is 4.15. The van der Waals surface area contributed by atoms with Crippen LogP contribution in [0.15, 0.2) is 66.7 Å². The number of thiophene rings is 1. The maximum Gasteiger partial charge on any atom is 0.348 e. The fraction of sp³-hybridized carbons (Fsp3) is 0.182. The molecule has 1 heterocycles. The highest BCUT2D eigenvalue weighted by molar-refractivity contribution is 7.18. The number of ether oxygens (including phenoxy) is 1. The summed E-state index contributed by atoms with van der Waals surface area (Å²) >= 11 is 1.24. The highest BCUT2D eigenvalue weighted by atomic mass is 32.1. The molecule has 3 aromatic rings. The minimum Gasteiger partial charge on any atom is -0.462 e. The van der Waals surface area contributed by atoms with Gasteiger partial charge in [0, 0.05) is 0 Å². The first-order valence-corrected chi connectivity index (χ1v) is 9.60. The van der Waals surface area contributed by atoms with E-state index in [1.165, 1.54) is 11.3 Å². The van der Waals surface area contributed by atoms with Crippen molar-refractivity contribution < 1.29 is 14.3 Å². The lowest BCUT2D eigenvalue weighted by molar-refractivity contribution is -0.116. The molecule has 3 rings (SSSR count). The Morgan fingerprint density at radius 1 is 1.00 bits per heavy atom. The molecule has 0 unspecified atom stereocenters. The molecule has 0 spiro atoms. The summed E-state index contributed by atoms with van der Waals surface area (Å²) < 4.78 is 5.07. The lowest BCUT2D eigenvalue weighted by atomic mass is 9.90. The fourth-order valence-corrected chi connectivity index (χ4v) is 3.89. The summed E-state index contributed by atoms with van der Waals surface area (Å²) in [5.74, 6) is -0.923. The predicted octanol–water partition coefficient (Wildman–Crippen LogP) is 5.00. The number of amides is 1. The lowest BCUT2D eigenvalue weighted by Gasteiger charge is -2.17. The zero-order valence-electron chi connectivity index (χ0n) is 15.3. The first kappa shape index (κ1) is 18.9. The van der Waals surface area contributed by atoms with E-state index >= 15 is 0 Å². The third-order valence-corrected chi connectivity index (χ3v) is 5.29. The molecule has 27 heavy (non-hydrogen) atoms. The molecule has 1 aromatic heterocycles. The van der Waals surface area contributed by atoms with E-state index in [2.05, 4.69) is 5.32 Å². The van der Waals surface area contributed by atoms with Crippen LogP contribution in [0.4, 0.5) is 5.00 Å². The van der Waals surface area contributed by atoms with Gasteiger partial charge in [0.05, 0.1) is 17.5 Å². The van der Waals surface area contributed by atoms with Crippen LogP contribution < -0.4 is 5.32 Å². The van der Waals surface area contributed by atoms with Gasteiger partial charge in [-0.05, 0) is 36.6 Å². The Morgan fingerprint density at radius 3 is 2.07 bits per heavy atom. The van der Waals surface area contributed by atoms with Gasteiger partial charge in [-0.3, -0.25) is 4.79 Å². The largest absolute Gasteiger partial charge is 0.462 e. The SMILES string of the molecule is CCOC(=O)c1sc(NC(=O)C(c2ccccc2)c2ccccc2)cc1C. The molecule has 5 heteroatoms. The smallest absolute Gasteiger partial charge is 0.348 e. The second-order valence-electron chi connectivity index (χ2n) is 6.09. The van der Waals surface area contributed by atoms with Crippen LogP contribution in [0.1, 0.15) is 39.2 Å². The Balaban J connectivity index is 1.88. The molecule has 0 aliphatic heterocycles. The van der Waals surface area contributed by atoms with Gasteiger partial charge in [-0.15, -0.1) is 11.3 Å².